The van der Waals surface area contributed by atoms with Crippen LogP contribution in [0.2, 0.25) is 0 Å². The predicted octanol–water partition coefficient (Wildman–Crippen LogP) is -1.49. The standard InChI is InChI=1S/C18H30N4O6/c1-10(2)14(17(26)22-8-4-6-13(22)18(27)28)20-15(24)12-5-3-7-21(12)16(25)11(19)9-23/h10-14,23H,3-9,19H2,1-2H3,(H,20,24)(H,27,28). The molecule has 2 rings (SSSR count). The van der Waals surface area contributed by atoms with Gasteiger partial charge in [-0.15, -0.1) is 0 Å². The SMILES string of the molecule is CC(C)C(NC(=O)C1CCCN1C(=O)C(N)CO)C(=O)N1CCCC1C(=O)O. The third-order valence-corrected chi connectivity index (χ3v) is 5.40. The first kappa shape index (κ1) is 22.1. The van der Waals surface area contributed by atoms with Crippen molar-refractivity contribution in [2.24, 2.45) is 11.7 Å². The van der Waals surface area contributed by atoms with Crippen LogP contribution in [0.5, 0.6) is 0 Å². The molecule has 0 saturated carbocycles. The Morgan fingerprint density at radius 3 is 2.07 bits per heavy atom. The molecule has 0 spiro atoms. The summed E-state index contributed by atoms with van der Waals surface area (Å²) in [5.41, 5.74) is 5.59. The second kappa shape index (κ2) is 9.33. The summed E-state index contributed by atoms with van der Waals surface area (Å²) in [5, 5.41) is 21.1. The molecule has 4 unspecified atom stereocenters. The topological polar surface area (TPSA) is 153 Å². The second-order valence-electron chi connectivity index (χ2n) is 7.74. The third-order valence-electron chi connectivity index (χ3n) is 5.40. The molecule has 0 aromatic rings. The smallest absolute Gasteiger partial charge is 0.326 e. The van der Waals surface area contributed by atoms with Crippen LogP contribution in [0.1, 0.15) is 39.5 Å². The Morgan fingerprint density at radius 1 is 1.04 bits per heavy atom. The number of aliphatic hydroxyl groups excluding tert-OH is 1. The number of amides is 3. The van der Waals surface area contributed by atoms with Crippen LogP contribution in [-0.4, -0.2) is 87.6 Å². The van der Waals surface area contributed by atoms with Crippen LogP contribution in [0.3, 0.4) is 0 Å². The average Bonchev–Trinajstić information content (AvgIpc) is 3.33. The van der Waals surface area contributed by atoms with Gasteiger partial charge in [0.05, 0.1) is 6.61 Å². The van der Waals surface area contributed by atoms with E-state index < -0.39 is 54.5 Å². The molecule has 0 aromatic heterocycles. The zero-order valence-corrected chi connectivity index (χ0v) is 16.3. The van der Waals surface area contributed by atoms with Gasteiger partial charge in [-0.25, -0.2) is 4.79 Å². The molecule has 2 aliphatic heterocycles. The minimum absolute atomic E-state index is 0.253. The van der Waals surface area contributed by atoms with Gasteiger partial charge in [-0.05, 0) is 31.6 Å². The van der Waals surface area contributed by atoms with Crippen LogP contribution in [0.15, 0.2) is 0 Å². The maximum absolute atomic E-state index is 12.9. The number of nitrogens with two attached hydrogens (primary N) is 1. The molecule has 0 radical (unpaired) electrons. The molecule has 2 fully saturated rings. The van der Waals surface area contributed by atoms with E-state index in [2.05, 4.69) is 5.32 Å². The summed E-state index contributed by atoms with van der Waals surface area (Å²) in [4.78, 5) is 52.1. The zero-order valence-electron chi connectivity index (χ0n) is 16.3. The Hall–Kier alpha value is -2.20. The Morgan fingerprint density at radius 2 is 1.57 bits per heavy atom. The molecule has 0 bridgehead atoms. The molecule has 158 valence electrons. The number of aliphatic carboxylic acids is 1. The first-order valence-electron chi connectivity index (χ1n) is 9.69. The number of hydrogen-bond donors (Lipinski definition) is 4. The number of carbonyl (C=O) groups is 4. The van der Waals surface area contributed by atoms with Gasteiger partial charge >= 0.3 is 5.97 Å². The van der Waals surface area contributed by atoms with E-state index in [0.717, 1.165) is 0 Å². The monoisotopic (exact) mass is 398 g/mol. The Balaban J connectivity index is 2.11. The van der Waals surface area contributed by atoms with Gasteiger partial charge in [0.1, 0.15) is 24.2 Å². The largest absolute Gasteiger partial charge is 0.480 e. The van der Waals surface area contributed by atoms with Crippen LogP contribution in [0.4, 0.5) is 0 Å². The number of likely N-dealkylation sites (tertiary alicyclic amines) is 2. The van der Waals surface area contributed by atoms with E-state index in [9.17, 15) is 24.3 Å². The van der Waals surface area contributed by atoms with Crippen LogP contribution < -0.4 is 11.1 Å². The van der Waals surface area contributed by atoms with Gasteiger partial charge in [0.15, 0.2) is 0 Å². The molecular formula is C18H30N4O6. The minimum atomic E-state index is -1.09. The number of rotatable bonds is 7. The summed E-state index contributed by atoms with van der Waals surface area (Å²) >= 11 is 0. The summed E-state index contributed by atoms with van der Waals surface area (Å²) < 4.78 is 0. The first-order valence-corrected chi connectivity index (χ1v) is 9.69. The van der Waals surface area contributed by atoms with Crippen molar-refractivity contribution in [1.29, 1.82) is 0 Å². The Labute approximate surface area is 164 Å². The lowest BCUT2D eigenvalue weighted by Crippen LogP contribution is -2.58. The lowest BCUT2D eigenvalue weighted by Gasteiger charge is -2.32. The van der Waals surface area contributed by atoms with Gasteiger partial charge in [0.25, 0.3) is 0 Å². The van der Waals surface area contributed by atoms with E-state index in [4.69, 9.17) is 10.8 Å². The maximum atomic E-state index is 12.9. The van der Waals surface area contributed by atoms with E-state index in [0.29, 0.717) is 38.8 Å². The molecule has 5 N–H and O–H groups in total. The van der Waals surface area contributed by atoms with Crippen LogP contribution >= 0.6 is 0 Å². The molecule has 0 aromatic carbocycles. The van der Waals surface area contributed by atoms with Gasteiger partial charge in [-0.2, -0.15) is 0 Å². The van der Waals surface area contributed by atoms with E-state index in [1.54, 1.807) is 13.8 Å². The number of aliphatic hydroxyl groups is 1. The lowest BCUT2D eigenvalue weighted by atomic mass is 10.0. The molecular weight excluding hydrogens is 368 g/mol. The molecule has 2 heterocycles. The van der Waals surface area contributed by atoms with Crippen molar-refractivity contribution in [2.45, 2.75) is 63.7 Å². The highest BCUT2D eigenvalue weighted by Crippen LogP contribution is 2.22. The van der Waals surface area contributed by atoms with E-state index in [1.165, 1.54) is 9.80 Å². The summed E-state index contributed by atoms with van der Waals surface area (Å²) in [6, 6.07) is -3.60. The number of carboxylic acid groups (broad SMARTS) is 1. The quantitative estimate of drug-likeness (QED) is 0.408. The summed E-state index contributed by atoms with van der Waals surface area (Å²) in [6.45, 7) is 3.73. The molecule has 2 aliphatic rings. The fourth-order valence-electron chi connectivity index (χ4n) is 3.82. The third kappa shape index (κ3) is 4.61. The second-order valence-corrected chi connectivity index (χ2v) is 7.74. The molecule has 0 aliphatic carbocycles. The van der Waals surface area contributed by atoms with E-state index in [1.807, 2.05) is 0 Å². The molecule has 3 amide bonds. The molecule has 10 nitrogen and oxygen atoms in total. The maximum Gasteiger partial charge on any atom is 0.326 e. The molecule has 10 heteroatoms. The van der Waals surface area contributed by atoms with Crippen LogP contribution in [0.25, 0.3) is 0 Å². The first-order chi connectivity index (χ1) is 13.2. The normalized spacial score (nSPS) is 24.3. The number of nitrogens with zero attached hydrogens (tertiary/aromatic N) is 2. The zero-order chi connectivity index (χ0) is 21.0. The van der Waals surface area contributed by atoms with Crippen molar-refractivity contribution in [2.75, 3.05) is 19.7 Å². The van der Waals surface area contributed by atoms with Gasteiger partial charge in [-0.3, -0.25) is 14.4 Å². The number of nitrogens with one attached hydrogen (secondary N) is 1. The Bertz CT molecular complexity index is 625. The van der Waals surface area contributed by atoms with Gasteiger partial charge in [-0.1, -0.05) is 13.8 Å². The lowest BCUT2D eigenvalue weighted by molar-refractivity contribution is -0.150. The molecule has 4 atom stereocenters. The number of carboxylic acids is 1. The van der Waals surface area contributed by atoms with Crippen LogP contribution in [-0.2, 0) is 19.2 Å². The minimum Gasteiger partial charge on any atom is -0.480 e. The van der Waals surface area contributed by atoms with Crippen molar-refractivity contribution in [3.63, 3.8) is 0 Å². The summed E-state index contributed by atoms with van der Waals surface area (Å²) in [7, 11) is 0. The number of carbonyl (C=O) groups excluding carboxylic acids is 3. The van der Waals surface area contributed by atoms with Gasteiger partial charge in [0, 0.05) is 13.1 Å². The fraction of sp³-hybridized carbons (Fsp3) is 0.778. The summed E-state index contributed by atoms with van der Waals surface area (Å²) in [6.07, 6.45) is 2.06. The van der Waals surface area contributed by atoms with Crippen molar-refractivity contribution >= 4 is 23.7 Å². The Kier molecular flexibility index (Phi) is 7.36. The molecule has 28 heavy (non-hydrogen) atoms. The predicted molar refractivity (Wildman–Crippen MR) is 98.9 cm³/mol. The van der Waals surface area contributed by atoms with Gasteiger partial charge < -0.3 is 31.1 Å². The highest BCUT2D eigenvalue weighted by molar-refractivity contribution is 5.94. The van der Waals surface area contributed by atoms with Crippen molar-refractivity contribution in [3.8, 4) is 0 Å². The van der Waals surface area contributed by atoms with Crippen molar-refractivity contribution in [3.05, 3.63) is 0 Å². The van der Waals surface area contributed by atoms with E-state index >= 15 is 0 Å². The van der Waals surface area contributed by atoms with E-state index in [-0.39, 0.29) is 5.92 Å². The average molecular weight is 398 g/mol. The molecule has 2 saturated heterocycles. The summed E-state index contributed by atoms with van der Waals surface area (Å²) in [5.74, 6) is -2.69. The number of hydrogen-bond acceptors (Lipinski definition) is 6. The van der Waals surface area contributed by atoms with Crippen LogP contribution in [0, 0.1) is 5.92 Å². The van der Waals surface area contributed by atoms with Gasteiger partial charge in [0.2, 0.25) is 17.7 Å². The van der Waals surface area contributed by atoms with Crippen molar-refractivity contribution in [1.82, 2.24) is 15.1 Å². The fourth-order valence-corrected chi connectivity index (χ4v) is 3.82. The highest BCUT2D eigenvalue weighted by Gasteiger charge is 2.41. The van der Waals surface area contributed by atoms with Crippen molar-refractivity contribution < 1.29 is 29.4 Å². The highest BCUT2D eigenvalue weighted by atomic mass is 16.4.